The van der Waals surface area contributed by atoms with E-state index in [2.05, 4.69) is 26.3 Å². The zero-order valence-corrected chi connectivity index (χ0v) is 11.9. The zero-order chi connectivity index (χ0) is 14.7. The van der Waals surface area contributed by atoms with Crippen molar-refractivity contribution in [1.82, 2.24) is 30.9 Å². The standard InChI is InChI=1S/C12H20N6O2/c1-7(2)14-11(19)8(3)15-12(20)10-6-18(17-16-10)9-4-13-5-9/h6-9,13H,4-5H2,1-3H3,(H,14,19)(H,15,20). The Morgan fingerprint density at radius 1 is 1.35 bits per heavy atom. The Morgan fingerprint density at radius 2 is 2.05 bits per heavy atom. The van der Waals surface area contributed by atoms with Crippen molar-refractivity contribution in [3.63, 3.8) is 0 Å². The molecule has 0 radical (unpaired) electrons. The van der Waals surface area contributed by atoms with Crippen molar-refractivity contribution < 1.29 is 9.59 Å². The third-order valence-electron chi connectivity index (χ3n) is 3.05. The number of hydrogen-bond donors (Lipinski definition) is 3. The second-order valence-corrected chi connectivity index (χ2v) is 5.25. The lowest BCUT2D eigenvalue weighted by atomic mass is 10.2. The van der Waals surface area contributed by atoms with Crippen molar-refractivity contribution in [1.29, 1.82) is 0 Å². The molecule has 1 aromatic rings. The predicted molar refractivity (Wildman–Crippen MR) is 72.1 cm³/mol. The number of carbonyl (C=O) groups is 2. The normalized spacial score (nSPS) is 16.6. The average molecular weight is 280 g/mol. The number of amides is 2. The van der Waals surface area contributed by atoms with Crippen molar-refractivity contribution >= 4 is 11.8 Å². The summed E-state index contributed by atoms with van der Waals surface area (Å²) in [5.41, 5.74) is 0.223. The maximum absolute atomic E-state index is 12.0. The summed E-state index contributed by atoms with van der Waals surface area (Å²) < 4.78 is 1.67. The summed E-state index contributed by atoms with van der Waals surface area (Å²) in [5.74, 6) is -0.612. The van der Waals surface area contributed by atoms with Gasteiger partial charge in [-0.05, 0) is 20.8 Å². The van der Waals surface area contributed by atoms with E-state index in [-0.39, 0.29) is 23.7 Å². The van der Waals surface area contributed by atoms with E-state index in [1.165, 1.54) is 0 Å². The lowest BCUT2D eigenvalue weighted by molar-refractivity contribution is -0.123. The fourth-order valence-corrected chi connectivity index (χ4v) is 1.77. The third-order valence-corrected chi connectivity index (χ3v) is 3.05. The molecule has 1 saturated heterocycles. The van der Waals surface area contributed by atoms with Gasteiger partial charge in [-0.2, -0.15) is 0 Å². The van der Waals surface area contributed by atoms with Gasteiger partial charge in [0.15, 0.2) is 5.69 Å². The van der Waals surface area contributed by atoms with E-state index >= 15 is 0 Å². The van der Waals surface area contributed by atoms with Gasteiger partial charge in [0.25, 0.3) is 5.91 Å². The van der Waals surface area contributed by atoms with Crippen LogP contribution in [0.25, 0.3) is 0 Å². The highest BCUT2D eigenvalue weighted by Gasteiger charge is 2.23. The molecule has 1 aromatic heterocycles. The number of rotatable bonds is 5. The number of carbonyl (C=O) groups excluding carboxylic acids is 2. The van der Waals surface area contributed by atoms with Crippen LogP contribution in [0.15, 0.2) is 6.20 Å². The monoisotopic (exact) mass is 280 g/mol. The summed E-state index contributed by atoms with van der Waals surface area (Å²) in [6.07, 6.45) is 1.61. The van der Waals surface area contributed by atoms with Gasteiger partial charge in [0.2, 0.25) is 5.91 Å². The Kier molecular flexibility index (Phi) is 4.33. The molecular formula is C12H20N6O2. The maximum Gasteiger partial charge on any atom is 0.274 e. The summed E-state index contributed by atoms with van der Waals surface area (Å²) >= 11 is 0. The molecule has 1 aliphatic heterocycles. The number of aromatic nitrogens is 3. The van der Waals surface area contributed by atoms with E-state index in [0.717, 1.165) is 13.1 Å². The van der Waals surface area contributed by atoms with Crippen LogP contribution in [0.2, 0.25) is 0 Å². The Hall–Kier alpha value is -1.96. The molecule has 0 spiro atoms. The largest absolute Gasteiger partial charge is 0.352 e. The Balaban J connectivity index is 1.90. The average Bonchev–Trinajstić information content (AvgIpc) is 2.74. The van der Waals surface area contributed by atoms with Crippen LogP contribution < -0.4 is 16.0 Å². The van der Waals surface area contributed by atoms with Gasteiger partial charge >= 0.3 is 0 Å². The Labute approximate surface area is 117 Å². The lowest BCUT2D eigenvalue weighted by Gasteiger charge is -2.26. The van der Waals surface area contributed by atoms with Gasteiger partial charge in [0, 0.05) is 19.1 Å². The van der Waals surface area contributed by atoms with Crippen LogP contribution in [0.4, 0.5) is 0 Å². The molecule has 1 unspecified atom stereocenters. The molecule has 0 aliphatic carbocycles. The first-order chi connectivity index (χ1) is 9.47. The summed E-state index contributed by atoms with van der Waals surface area (Å²) in [4.78, 5) is 23.7. The highest BCUT2D eigenvalue weighted by molar-refractivity contribution is 5.95. The molecule has 8 nitrogen and oxygen atoms in total. The van der Waals surface area contributed by atoms with Crippen LogP contribution in [0.1, 0.15) is 37.3 Å². The fraction of sp³-hybridized carbons (Fsp3) is 0.667. The van der Waals surface area contributed by atoms with Crippen LogP contribution in [0.3, 0.4) is 0 Å². The molecule has 1 atom stereocenters. The lowest BCUT2D eigenvalue weighted by Crippen LogP contribution is -2.46. The molecule has 2 amide bonds. The molecule has 20 heavy (non-hydrogen) atoms. The first-order valence-electron chi connectivity index (χ1n) is 6.71. The molecule has 2 heterocycles. The van der Waals surface area contributed by atoms with Gasteiger partial charge in [-0.3, -0.25) is 9.59 Å². The van der Waals surface area contributed by atoms with Gasteiger partial charge in [-0.15, -0.1) is 5.10 Å². The van der Waals surface area contributed by atoms with Gasteiger partial charge in [0.1, 0.15) is 6.04 Å². The number of hydrogen-bond acceptors (Lipinski definition) is 5. The molecule has 0 aromatic carbocycles. The van der Waals surface area contributed by atoms with E-state index in [4.69, 9.17) is 0 Å². The number of nitrogens with one attached hydrogen (secondary N) is 3. The summed E-state index contributed by atoms with van der Waals surface area (Å²) in [5, 5.41) is 16.2. The van der Waals surface area contributed by atoms with Crippen molar-refractivity contribution in [3.05, 3.63) is 11.9 Å². The topological polar surface area (TPSA) is 101 Å². The van der Waals surface area contributed by atoms with Crippen molar-refractivity contribution in [2.24, 2.45) is 0 Å². The Morgan fingerprint density at radius 3 is 2.60 bits per heavy atom. The molecule has 0 saturated carbocycles. The van der Waals surface area contributed by atoms with Crippen LogP contribution in [-0.2, 0) is 4.79 Å². The highest BCUT2D eigenvalue weighted by Crippen LogP contribution is 2.09. The van der Waals surface area contributed by atoms with Crippen molar-refractivity contribution in [2.75, 3.05) is 13.1 Å². The van der Waals surface area contributed by atoms with Gasteiger partial charge in [-0.1, -0.05) is 5.21 Å². The summed E-state index contributed by atoms with van der Waals surface area (Å²) in [7, 11) is 0. The van der Waals surface area contributed by atoms with Gasteiger partial charge in [0.05, 0.1) is 12.2 Å². The van der Waals surface area contributed by atoms with E-state index in [1.807, 2.05) is 13.8 Å². The second kappa shape index (κ2) is 6.00. The fourth-order valence-electron chi connectivity index (χ4n) is 1.77. The molecule has 0 bridgehead atoms. The zero-order valence-electron chi connectivity index (χ0n) is 11.9. The van der Waals surface area contributed by atoms with E-state index in [0.29, 0.717) is 0 Å². The van der Waals surface area contributed by atoms with Crippen molar-refractivity contribution in [2.45, 2.75) is 38.9 Å². The van der Waals surface area contributed by atoms with E-state index < -0.39 is 11.9 Å². The SMILES string of the molecule is CC(C)NC(=O)C(C)NC(=O)c1cn(C2CNC2)nn1. The Bertz CT molecular complexity index is 494. The maximum atomic E-state index is 12.0. The van der Waals surface area contributed by atoms with Crippen molar-refractivity contribution in [3.8, 4) is 0 Å². The first kappa shape index (κ1) is 14.4. The van der Waals surface area contributed by atoms with Crippen LogP contribution in [0, 0.1) is 0 Å². The quantitative estimate of drug-likeness (QED) is 0.646. The van der Waals surface area contributed by atoms with Crippen LogP contribution >= 0.6 is 0 Å². The minimum atomic E-state index is -0.611. The minimum absolute atomic E-state index is 0.0360. The molecule has 2 rings (SSSR count). The van der Waals surface area contributed by atoms with Gasteiger partial charge in [-0.25, -0.2) is 4.68 Å². The molecule has 110 valence electrons. The molecule has 8 heteroatoms. The smallest absolute Gasteiger partial charge is 0.274 e. The first-order valence-corrected chi connectivity index (χ1v) is 6.71. The minimum Gasteiger partial charge on any atom is -0.352 e. The predicted octanol–water partition coefficient (Wildman–Crippen LogP) is -0.935. The van der Waals surface area contributed by atoms with Crippen LogP contribution in [-0.4, -0.2) is 52.0 Å². The molecule has 3 N–H and O–H groups in total. The molecule has 1 aliphatic rings. The van der Waals surface area contributed by atoms with Crippen LogP contribution in [0.5, 0.6) is 0 Å². The molecule has 1 fully saturated rings. The molecular weight excluding hydrogens is 260 g/mol. The number of nitrogens with zero attached hydrogens (tertiary/aromatic N) is 3. The summed E-state index contributed by atoms with van der Waals surface area (Å²) in [6, 6.07) is -0.319. The summed E-state index contributed by atoms with van der Waals surface area (Å²) in [6.45, 7) is 7.03. The van der Waals surface area contributed by atoms with E-state index in [9.17, 15) is 9.59 Å². The van der Waals surface area contributed by atoms with E-state index in [1.54, 1.807) is 17.8 Å². The third kappa shape index (κ3) is 3.32. The second-order valence-electron chi connectivity index (χ2n) is 5.25. The highest BCUT2D eigenvalue weighted by atomic mass is 16.2. The van der Waals surface area contributed by atoms with Gasteiger partial charge < -0.3 is 16.0 Å².